The van der Waals surface area contributed by atoms with Crippen molar-refractivity contribution < 1.29 is 9.53 Å². The van der Waals surface area contributed by atoms with E-state index in [2.05, 4.69) is 24.5 Å². The van der Waals surface area contributed by atoms with Crippen LogP contribution in [0.2, 0.25) is 5.02 Å². The van der Waals surface area contributed by atoms with Crippen molar-refractivity contribution in [2.45, 2.75) is 26.4 Å². The predicted octanol–water partition coefficient (Wildman–Crippen LogP) is 4.55. The fraction of sp³-hybridized carbons (Fsp3) is 0.316. The predicted molar refractivity (Wildman–Crippen MR) is 97.4 cm³/mol. The molecule has 0 spiro atoms. The van der Waals surface area contributed by atoms with Crippen molar-refractivity contribution in [3.05, 3.63) is 64.7 Å². The Kier molecular flexibility index (Phi) is 6.50. The fourth-order valence-corrected chi connectivity index (χ4v) is 2.65. The van der Waals surface area contributed by atoms with Crippen LogP contribution in [0.25, 0.3) is 0 Å². The topological polar surface area (TPSA) is 50.4 Å². The van der Waals surface area contributed by atoms with Gasteiger partial charge in [0.1, 0.15) is 5.75 Å². The Bertz CT molecular complexity index is 671. The molecule has 4 nitrogen and oxygen atoms in total. The molecule has 2 amide bonds. The van der Waals surface area contributed by atoms with Crippen LogP contribution in [0.5, 0.6) is 5.75 Å². The van der Waals surface area contributed by atoms with Gasteiger partial charge >= 0.3 is 6.03 Å². The number of rotatable bonds is 6. The minimum Gasteiger partial charge on any atom is -0.496 e. The lowest BCUT2D eigenvalue weighted by atomic mass is 9.96. The number of ether oxygens (including phenoxy) is 1. The summed E-state index contributed by atoms with van der Waals surface area (Å²) in [6, 6.07) is 14.9. The van der Waals surface area contributed by atoms with Crippen molar-refractivity contribution in [3.63, 3.8) is 0 Å². The Morgan fingerprint density at radius 3 is 2.42 bits per heavy atom. The highest BCUT2D eigenvalue weighted by atomic mass is 35.5. The Hall–Kier alpha value is -2.20. The maximum Gasteiger partial charge on any atom is 0.315 e. The second-order valence-corrected chi connectivity index (χ2v) is 6.35. The van der Waals surface area contributed by atoms with Crippen LogP contribution in [0.3, 0.4) is 0 Å². The van der Waals surface area contributed by atoms with E-state index >= 15 is 0 Å². The van der Waals surface area contributed by atoms with E-state index in [4.69, 9.17) is 16.3 Å². The molecule has 0 saturated heterocycles. The molecule has 2 aromatic carbocycles. The van der Waals surface area contributed by atoms with Gasteiger partial charge in [0.25, 0.3) is 0 Å². The van der Waals surface area contributed by atoms with E-state index in [1.54, 1.807) is 7.11 Å². The molecule has 2 aromatic rings. The molecule has 0 radical (unpaired) electrons. The summed E-state index contributed by atoms with van der Waals surface area (Å²) >= 11 is 5.94. The smallest absolute Gasteiger partial charge is 0.315 e. The minimum absolute atomic E-state index is 0.0834. The first kappa shape index (κ1) is 18.1. The number of hydrogen-bond acceptors (Lipinski definition) is 2. The van der Waals surface area contributed by atoms with Gasteiger partial charge in [-0.2, -0.15) is 0 Å². The molecule has 1 atom stereocenters. The zero-order chi connectivity index (χ0) is 17.5. The lowest BCUT2D eigenvalue weighted by Gasteiger charge is -2.23. The largest absolute Gasteiger partial charge is 0.496 e. The molecule has 0 fully saturated rings. The molecule has 0 bridgehead atoms. The zero-order valence-electron chi connectivity index (χ0n) is 14.2. The molecular weight excluding hydrogens is 324 g/mol. The minimum atomic E-state index is -0.213. The van der Waals surface area contributed by atoms with Crippen molar-refractivity contribution in [2.75, 3.05) is 7.11 Å². The van der Waals surface area contributed by atoms with Gasteiger partial charge in [0, 0.05) is 17.1 Å². The van der Waals surface area contributed by atoms with Crippen LogP contribution in [0.4, 0.5) is 4.79 Å². The van der Waals surface area contributed by atoms with E-state index < -0.39 is 0 Å². The van der Waals surface area contributed by atoms with Crippen LogP contribution in [-0.2, 0) is 6.54 Å². The van der Waals surface area contributed by atoms with Crippen LogP contribution >= 0.6 is 11.6 Å². The number of amides is 2. The normalized spacial score (nSPS) is 11.9. The third-order valence-electron chi connectivity index (χ3n) is 3.81. The highest BCUT2D eigenvalue weighted by molar-refractivity contribution is 6.30. The van der Waals surface area contributed by atoms with E-state index in [1.807, 2.05) is 48.5 Å². The molecule has 0 heterocycles. The number of methoxy groups -OCH3 is 1. The first-order chi connectivity index (χ1) is 11.5. The lowest BCUT2D eigenvalue weighted by molar-refractivity contribution is 0.232. The molecule has 2 rings (SSSR count). The molecule has 0 aliphatic rings. The van der Waals surface area contributed by atoms with Gasteiger partial charge in [-0.25, -0.2) is 4.79 Å². The molecule has 0 aliphatic heterocycles. The highest BCUT2D eigenvalue weighted by Gasteiger charge is 2.18. The van der Waals surface area contributed by atoms with Crippen LogP contribution in [0.1, 0.15) is 31.0 Å². The molecular formula is C19H23ClN2O2. The van der Waals surface area contributed by atoms with E-state index in [9.17, 15) is 4.79 Å². The monoisotopic (exact) mass is 346 g/mol. The Morgan fingerprint density at radius 2 is 1.79 bits per heavy atom. The number of hydrogen-bond donors (Lipinski definition) is 2. The second-order valence-electron chi connectivity index (χ2n) is 5.91. The lowest BCUT2D eigenvalue weighted by Crippen LogP contribution is -2.39. The summed E-state index contributed by atoms with van der Waals surface area (Å²) in [7, 11) is 1.62. The zero-order valence-corrected chi connectivity index (χ0v) is 14.9. The number of para-hydroxylation sites is 1. The molecule has 1 unspecified atom stereocenters. The van der Waals surface area contributed by atoms with Crippen LogP contribution in [0.15, 0.2) is 48.5 Å². The second kappa shape index (κ2) is 8.60. The number of nitrogens with one attached hydrogen (secondary N) is 2. The van der Waals surface area contributed by atoms with Crippen molar-refractivity contribution in [2.24, 2.45) is 5.92 Å². The van der Waals surface area contributed by atoms with E-state index in [1.165, 1.54) is 0 Å². The Morgan fingerprint density at radius 1 is 1.12 bits per heavy atom. The number of halogens is 1. The van der Waals surface area contributed by atoms with Gasteiger partial charge in [0.05, 0.1) is 13.2 Å². The number of carbonyl (C=O) groups is 1. The summed E-state index contributed by atoms with van der Waals surface area (Å²) in [5, 5.41) is 6.59. The van der Waals surface area contributed by atoms with Crippen LogP contribution in [-0.4, -0.2) is 13.1 Å². The molecule has 5 heteroatoms. The average molecular weight is 347 g/mol. The first-order valence-electron chi connectivity index (χ1n) is 7.93. The van der Waals surface area contributed by atoms with E-state index in [0.29, 0.717) is 11.6 Å². The molecule has 0 aromatic heterocycles. The van der Waals surface area contributed by atoms with Crippen LogP contribution in [0, 0.1) is 5.92 Å². The van der Waals surface area contributed by atoms with Gasteiger partial charge in [0.15, 0.2) is 0 Å². The van der Waals surface area contributed by atoms with Gasteiger partial charge in [-0.1, -0.05) is 55.8 Å². The third kappa shape index (κ3) is 4.90. The third-order valence-corrected chi connectivity index (χ3v) is 4.07. The molecule has 0 saturated carbocycles. The summed E-state index contributed by atoms with van der Waals surface area (Å²) in [4.78, 5) is 12.3. The Balaban J connectivity index is 1.99. The molecule has 128 valence electrons. The quantitative estimate of drug-likeness (QED) is 0.806. The van der Waals surface area contributed by atoms with Gasteiger partial charge in [-0.3, -0.25) is 0 Å². The summed E-state index contributed by atoms with van der Waals surface area (Å²) in [5.74, 6) is 1.01. The number of benzene rings is 2. The highest BCUT2D eigenvalue weighted by Crippen LogP contribution is 2.23. The summed E-state index contributed by atoms with van der Waals surface area (Å²) in [6.45, 7) is 4.54. The Labute approximate surface area is 148 Å². The summed E-state index contributed by atoms with van der Waals surface area (Å²) in [6.07, 6.45) is 0. The van der Waals surface area contributed by atoms with Crippen LogP contribution < -0.4 is 15.4 Å². The van der Waals surface area contributed by atoms with Crippen molar-refractivity contribution in [1.29, 1.82) is 0 Å². The van der Waals surface area contributed by atoms with Gasteiger partial charge in [-0.05, 0) is 29.7 Å². The van der Waals surface area contributed by atoms with Crippen molar-refractivity contribution in [1.82, 2.24) is 10.6 Å². The number of carbonyl (C=O) groups excluding carboxylic acids is 1. The van der Waals surface area contributed by atoms with Gasteiger partial charge in [0.2, 0.25) is 0 Å². The molecule has 0 aliphatic carbocycles. The average Bonchev–Trinajstić information content (AvgIpc) is 2.58. The number of urea groups is 1. The van der Waals surface area contributed by atoms with Crippen molar-refractivity contribution in [3.8, 4) is 5.75 Å². The van der Waals surface area contributed by atoms with Crippen molar-refractivity contribution >= 4 is 17.6 Å². The SMILES string of the molecule is COc1ccccc1CNC(=O)NC(c1ccc(Cl)cc1)C(C)C. The van der Waals surface area contributed by atoms with E-state index in [-0.39, 0.29) is 18.0 Å². The van der Waals surface area contributed by atoms with Gasteiger partial charge < -0.3 is 15.4 Å². The van der Waals surface area contributed by atoms with Gasteiger partial charge in [-0.15, -0.1) is 0 Å². The summed E-state index contributed by atoms with van der Waals surface area (Å²) in [5.41, 5.74) is 1.96. The molecule has 2 N–H and O–H groups in total. The maximum absolute atomic E-state index is 12.3. The summed E-state index contributed by atoms with van der Waals surface area (Å²) < 4.78 is 5.29. The first-order valence-corrected chi connectivity index (χ1v) is 8.30. The van der Waals surface area contributed by atoms with E-state index in [0.717, 1.165) is 16.9 Å². The fourth-order valence-electron chi connectivity index (χ4n) is 2.52. The maximum atomic E-state index is 12.3. The molecule has 24 heavy (non-hydrogen) atoms. The standard InChI is InChI=1S/C19H23ClN2O2/c1-13(2)18(14-8-10-16(20)11-9-14)22-19(23)21-12-15-6-4-5-7-17(15)24-3/h4-11,13,18H,12H2,1-3H3,(H2,21,22,23).